The van der Waals surface area contributed by atoms with E-state index in [9.17, 15) is 0 Å². The van der Waals surface area contributed by atoms with Crippen LogP contribution >= 0.6 is 0 Å². The molecule has 0 amide bonds. The lowest BCUT2D eigenvalue weighted by molar-refractivity contribution is 0.359. The Bertz CT molecular complexity index is 192. The summed E-state index contributed by atoms with van der Waals surface area (Å²) in [4.78, 5) is 2.32. The van der Waals surface area contributed by atoms with Crippen LogP contribution in [0, 0.1) is 11.3 Å². The van der Waals surface area contributed by atoms with Gasteiger partial charge in [0.25, 0.3) is 0 Å². The van der Waals surface area contributed by atoms with E-state index in [2.05, 4.69) is 11.0 Å². The topological polar surface area (TPSA) is 27.0 Å². The van der Waals surface area contributed by atoms with Crippen molar-refractivity contribution in [2.75, 3.05) is 13.1 Å². The molecule has 0 aromatic rings. The molecule has 1 aliphatic heterocycles. The van der Waals surface area contributed by atoms with E-state index in [0.717, 1.165) is 18.8 Å². The number of hydrogen-bond donors (Lipinski definition) is 0. The Morgan fingerprint density at radius 2 is 1.83 bits per heavy atom. The van der Waals surface area contributed by atoms with Crippen molar-refractivity contribution in [2.24, 2.45) is 0 Å². The van der Waals surface area contributed by atoms with Gasteiger partial charge in [-0.3, -0.25) is 0 Å². The minimum absolute atomic E-state index is 1.12. The molecule has 0 unspecified atom stereocenters. The van der Waals surface area contributed by atoms with Crippen LogP contribution in [0.25, 0.3) is 0 Å². The van der Waals surface area contributed by atoms with Crippen LogP contribution in [0.1, 0.15) is 32.6 Å². The Labute approximate surface area is 74.5 Å². The van der Waals surface area contributed by atoms with Crippen molar-refractivity contribution in [1.82, 2.24) is 4.90 Å². The standard InChI is InChI=1S/C10H16N2/c1-10(6-7-11)12-8-4-2-3-5-9-12/h6H,2-5,8-9H2,1H3. The number of hydrogen-bond acceptors (Lipinski definition) is 2. The van der Waals surface area contributed by atoms with Crippen molar-refractivity contribution in [2.45, 2.75) is 32.6 Å². The van der Waals surface area contributed by atoms with Crippen molar-refractivity contribution < 1.29 is 0 Å². The number of likely N-dealkylation sites (tertiary alicyclic amines) is 1. The van der Waals surface area contributed by atoms with Gasteiger partial charge in [-0.05, 0) is 19.8 Å². The second-order valence-electron chi connectivity index (χ2n) is 3.32. The maximum atomic E-state index is 8.48. The highest BCUT2D eigenvalue weighted by Crippen LogP contribution is 2.13. The van der Waals surface area contributed by atoms with Gasteiger partial charge in [0, 0.05) is 24.9 Å². The molecule has 0 radical (unpaired) electrons. The molecule has 1 rings (SSSR count). The van der Waals surface area contributed by atoms with Gasteiger partial charge >= 0.3 is 0 Å². The van der Waals surface area contributed by atoms with E-state index in [-0.39, 0.29) is 0 Å². The average molecular weight is 164 g/mol. The molecule has 0 aromatic heterocycles. The highest BCUT2D eigenvalue weighted by Gasteiger charge is 2.08. The second-order valence-corrected chi connectivity index (χ2v) is 3.32. The molecule has 0 saturated carbocycles. The number of rotatable bonds is 1. The second kappa shape index (κ2) is 4.82. The fraction of sp³-hybridized carbons (Fsp3) is 0.700. The Morgan fingerprint density at radius 1 is 1.25 bits per heavy atom. The van der Waals surface area contributed by atoms with Gasteiger partial charge in [-0.2, -0.15) is 5.26 Å². The Hall–Kier alpha value is -0.970. The Balaban J connectivity index is 2.49. The van der Waals surface area contributed by atoms with Gasteiger partial charge in [0.1, 0.15) is 0 Å². The average Bonchev–Trinajstić information content (AvgIpc) is 2.32. The smallest absolute Gasteiger partial charge is 0.0930 e. The molecular weight excluding hydrogens is 148 g/mol. The van der Waals surface area contributed by atoms with Crippen molar-refractivity contribution in [3.05, 3.63) is 11.8 Å². The van der Waals surface area contributed by atoms with Crippen molar-refractivity contribution >= 4 is 0 Å². The molecule has 0 N–H and O–H groups in total. The first-order valence-corrected chi connectivity index (χ1v) is 4.66. The highest BCUT2D eigenvalue weighted by molar-refractivity contribution is 5.10. The molecule has 2 heteroatoms. The van der Waals surface area contributed by atoms with Crippen LogP contribution in [0.4, 0.5) is 0 Å². The minimum Gasteiger partial charge on any atom is -0.374 e. The maximum Gasteiger partial charge on any atom is 0.0930 e. The monoisotopic (exact) mass is 164 g/mol. The Morgan fingerprint density at radius 3 is 2.33 bits per heavy atom. The third kappa shape index (κ3) is 2.58. The molecule has 0 aromatic carbocycles. The van der Waals surface area contributed by atoms with Crippen LogP contribution in [-0.2, 0) is 0 Å². The van der Waals surface area contributed by atoms with Gasteiger partial charge in [-0.1, -0.05) is 12.8 Å². The number of nitrogens with zero attached hydrogens (tertiary/aromatic N) is 2. The largest absolute Gasteiger partial charge is 0.374 e. The third-order valence-corrected chi connectivity index (χ3v) is 2.38. The summed E-state index contributed by atoms with van der Waals surface area (Å²) in [5, 5.41) is 8.48. The van der Waals surface area contributed by atoms with Crippen LogP contribution in [0.3, 0.4) is 0 Å². The van der Waals surface area contributed by atoms with Crippen LogP contribution in [0.15, 0.2) is 11.8 Å². The summed E-state index contributed by atoms with van der Waals surface area (Å²) in [6, 6.07) is 2.08. The van der Waals surface area contributed by atoms with Gasteiger partial charge < -0.3 is 4.90 Å². The fourth-order valence-electron chi connectivity index (χ4n) is 1.61. The molecule has 0 spiro atoms. The fourth-order valence-corrected chi connectivity index (χ4v) is 1.61. The molecule has 1 aliphatic rings. The normalized spacial score (nSPS) is 20.0. The van der Waals surface area contributed by atoms with E-state index in [0.29, 0.717) is 0 Å². The Kier molecular flexibility index (Phi) is 3.66. The first-order chi connectivity index (χ1) is 5.84. The number of nitriles is 1. The van der Waals surface area contributed by atoms with Crippen LogP contribution < -0.4 is 0 Å². The van der Waals surface area contributed by atoms with E-state index >= 15 is 0 Å². The van der Waals surface area contributed by atoms with Gasteiger partial charge in [-0.15, -0.1) is 0 Å². The molecule has 1 saturated heterocycles. The summed E-state index contributed by atoms with van der Waals surface area (Å²) < 4.78 is 0. The minimum atomic E-state index is 1.12. The van der Waals surface area contributed by atoms with Crippen LogP contribution in [0.2, 0.25) is 0 Å². The summed E-state index contributed by atoms with van der Waals surface area (Å²) >= 11 is 0. The molecule has 12 heavy (non-hydrogen) atoms. The maximum absolute atomic E-state index is 8.48. The SMILES string of the molecule is CC(=CC#N)N1CCCCCC1. The summed E-state index contributed by atoms with van der Waals surface area (Å²) in [6.07, 6.45) is 6.88. The zero-order valence-electron chi connectivity index (χ0n) is 7.71. The first-order valence-electron chi connectivity index (χ1n) is 4.66. The zero-order chi connectivity index (χ0) is 8.81. The first kappa shape index (κ1) is 9.12. The zero-order valence-corrected chi connectivity index (χ0v) is 7.71. The van der Waals surface area contributed by atoms with Crippen LogP contribution in [0.5, 0.6) is 0 Å². The molecule has 1 heterocycles. The molecular formula is C10H16N2. The van der Waals surface area contributed by atoms with Gasteiger partial charge in [0.2, 0.25) is 0 Å². The van der Waals surface area contributed by atoms with E-state index in [4.69, 9.17) is 5.26 Å². The summed E-state index contributed by atoms with van der Waals surface area (Å²) in [5.74, 6) is 0. The molecule has 0 atom stereocenters. The van der Waals surface area contributed by atoms with Crippen molar-refractivity contribution in [3.8, 4) is 6.07 Å². The van der Waals surface area contributed by atoms with Gasteiger partial charge in [-0.25, -0.2) is 0 Å². The summed E-state index contributed by atoms with van der Waals surface area (Å²) in [6.45, 7) is 4.28. The van der Waals surface area contributed by atoms with Crippen LogP contribution in [-0.4, -0.2) is 18.0 Å². The van der Waals surface area contributed by atoms with Crippen molar-refractivity contribution in [1.29, 1.82) is 5.26 Å². The van der Waals surface area contributed by atoms with Gasteiger partial charge in [0.15, 0.2) is 0 Å². The van der Waals surface area contributed by atoms with E-state index in [1.165, 1.54) is 25.7 Å². The van der Waals surface area contributed by atoms with E-state index in [1.54, 1.807) is 6.08 Å². The number of allylic oxidation sites excluding steroid dienone is 2. The lowest BCUT2D eigenvalue weighted by Gasteiger charge is -2.22. The predicted octanol–water partition coefficient (Wildman–Crippen LogP) is 2.29. The molecule has 66 valence electrons. The van der Waals surface area contributed by atoms with E-state index < -0.39 is 0 Å². The predicted molar refractivity (Wildman–Crippen MR) is 49.4 cm³/mol. The van der Waals surface area contributed by atoms with Gasteiger partial charge in [0.05, 0.1) is 6.07 Å². The highest BCUT2D eigenvalue weighted by atomic mass is 15.1. The molecule has 1 fully saturated rings. The molecule has 2 nitrogen and oxygen atoms in total. The lowest BCUT2D eigenvalue weighted by atomic mass is 10.2. The molecule has 0 aliphatic carbocycles. The third-order valence-electron chi connectivity index (χ3n) is 2.38. The summed E-state index contributed by atoms with van der Waals surface area (Å²) in [7, 11) is 0. The van der Waals surface area contributed by atoms with Crippen molar-refractivity contribution in [3.63, 3.8) is 0 Å². The molecule has 0 bridgehead atoms. The van der Waals surface area contributed by atoms with E-state index in [1.807, 2.05) is 6.92 Å². The quantitative estimate of drug-likeness (QED) is 0.556. The lowest BCUT2D eigenvalue weighted by Crippen LogP contribution is -2.22. The summed E-state index contributed by atoms with van der Waals surface area (Å²) in [5.41, 5.74) is 1.12.